The molecule has 0 bridgehead atoms. The second kappa shape index (κ2) is 5.41. The number of hydrogen-bond acceptors (Lipinski definition) is 3. The van der Waals surface area contributed by atoms with E-state index in [2.05, 4.69) is 25.0 Å². The number of aliphatic hydroxyl groups is 1. The van der Waals surface area contributed by atoms with E-state index in [1.807, 2.05) is 11.6 Å². The van der Waals surface area contributed by atoms with E-state index < -0.39 is 6.10 Å². The summed E-state index contributed by atoms with van der Waals surface area (Å²) < 4.78 is 7.69. The van der Waals surface area contributed by atoms with Gasteiger partial charge in [0.25, 0.3) is 0 Å². The molecule has 2 unspecified atom stereocenters. The molecule has 0 aliphatic carbocycles. The summed E-state index contributed by atoms with van der Waals surface area (Å²) in [5.41, 5.74) is 1.82. The predicted octanol–water partition coefficient (Wildman–Crippen LogP) is 1.94. The molecule has 1 aliphatic heterocycles. The first kappa shape index (κ1) is 13.6. The van der Waals surface area contributed by atoms with E-state index in [1.165, 1.54) is 0 Å². The van der Waals surface area contributed by atoms with Crippen LogP contribution in [0.5, 0.6) is 0 Å². The van der Waals surface area contributed by atoms with Crippen LogP contribution in [0.15, 0.2) is 6.07 Å². The van der Waals surface area contributed by atoms with Gasteiger partial charge < -0.3 is 9.84 Å². The lowest BCUT2D eigenvalue weighted by atomic mass is 9.92. The summed E-state index contributed by atoms with van der Waals surface area (Å²) in [4.78, 5) is 0. The average molecular weight is 252 g/mol. The normalized spacial score (nSPS) is 25.6. The highest BCUT2D eigenvalue weighted by atomic mass is 16.5. The molecule has 0 radical (unpaired) electrons. The minimum atomic E-state index is -0.452. The minimum absolute atomic E-state index is 0.380. The molecule has 102 valence electrons. The van der Waals surface area contributed by atoms with Gasteiger partial charge in [0.15, 0.2) is 0 Å². The topological polar surface area (TPSA) is 47.3 Å². The molecular formula is C14H24N2O2. The van der Waals surface area contributed by atoms with E-state index in [9.17, 15) is 5.11 Å². The first-order chi connectivity index (χ1) is 8.59. The second-order valence-corrected chi connectivity index (χ2v) is 5.28. The van der Waals surface area contributed by atoms with Gasteiger partial charge in [0.2, 0.25) is 0 Å². The van der Waals surface area contributed by atoms with Crippen molar-refractivity contribution in [2.75, 3.05) is 6.61 Å². The highest BCUT2D eigenvalue weighted by Crippen LogP contribution is 2.30. The molecule has 4 nitrogen and oxygen atoms in total. The van der Waals surface area contributed by atoms with Gasteiger partial charge in [-0.15, -0.1) is 0 Å². The molecule has 1 fully saturated rings. The molecule has 0 aromatic carbocycles. The highest BCUT2D eigenvalue weighted by molar-refractivity contribution is 5.12. The van der Waals surface area contributed by atoms with Gasteiger partial charge in [-0.3, -0.25) is 4.68 Å². The number of aliphatic hydroxyl groups excluding tert-OH is 1. The number of ether oxygens (including phenoxy) is 1. The molecule has 4 heteroatoms. The summed E-state index contributed by atoms with van der Waals surface area (Å²) in [6.07, 6.45) is 3.09. The van der Waals surface area contributed by atoms with Crippen molar-refractivity contribution < 1.29 is 9.84 Å². The third kappa shape index (κ3) is 2.59. The lowest BCUT2D eigenvalue weighted by Crippen LogP contribution is -2.40. The monoisotopic (exact) mass is 252 g/mol. The molecule has 0 amide bonds. The van der Waals surface area contributed by atoms with E-state index in [1.54, 1.807) is 0 Å². The van der Waals surface area contributed by atoms with Gasteiger partial charge in [0, 0.05) is 25.3 Å². The van der Waals surface area contributed by atoms with Crippen LogP contribution in [-0.2, 0) is 24.1 Å². The van der Waals surface area contributed by atoms with Gasteiger partial charge in [-0.05, 0) is 39.2 Å². The molecule has 0 saturated carbocycles. The number of aryl methyl sites for hydroxylation is 2. The van der Waals surface area contributed by atoms with Crippen molar-refractivity contribution in [1.82, 2.24) is 9.78 Å². The molecule has 1 aromatic rings. The Labute approximate surface area is 109 Å². The lowest BCUT2D eigenvalue weighted by molar-refractivity contribution is -0.0774. The van der Waals surface area contributed by atoms with Crippen molar-refractivity contribution in [3.8, 4) is 0 Å². The van der Waals surface area contributed by atoms with Crippen molar-refractivity contribution in [1.29, 1.82) is 0 Å². The molecule has 1 aliphatic rings. The van der Waals surface area contributed by atoms with Crippen LogP contribution < -0.4 is 0 Å². The Balaban J connectivity index is 2.10. The smallest absolute Gasteiger partial charge is 0.0916 e. The van der Waals surface area contributed by atoms with Gasteiger partial charge >= 0.3 is 0 Å². The van der Waals surface area contributed by atoms with Crippen LogP contribution in [0.4, 0.5) is 0 Å². The fraction of sp³-hybridized carbons (Fsp3) is 0.786. The van der Waals surface area contributed by atoms with Crippen LogP contribution in [-0.4, -0.2) is 33.2 Å². The molecule has 1 N–H and O–H groups in total. The van der Waals surface area contributed by atoms with Crippen molar-refractivity contribution in [3.05, 3.63) is 17.5 Å². The zero-order valence-electron chi connectivity index (χ0n) is 11.6. The minimum Gasteiger partial charge on any atom is -0.390 e. The maximum atomic E-state index is 10.4. The summed E-state index contributed by atoms with van der Waals surface area (Å²) in [7, 11) is 0. The van der Waals surface area contributed by atoms with E-state index in [-0.39, 0.29) is 5.60 Å². The fourth-order valence-corrected chi connectivity index (χ4v) is 2.60. The molecule has 1 aromatic heterocycles. The van der Waals surface area contributed by atoms with E-state index in [0.29, 0.717) is 6.42 Å². The molecule has 1 saturated heterocycles. The predicted molar refractivity (Wildman–Crippen MR) is 70.6 cm³/mol. The Morgan fingerprint density at radius 2 is 2.33 bits per heavy atom. The van der Waals surface area contributed by atoms with Gasteiger partial charge in [0.05, 0.1) is 17.4 Å². The van der Waals surface area contributed by atoms with Crippen molar-refractivity contribution >= 4 is 0 Å². The number of aromatic nitrogens is 2. The Kier molecular flexibility index (Phi) is 4.07. The van der Waals surface area contributed by atoms with Crippen molar-refractivity contribution in [2.45, 2.75) is 64.7 Å². The summed E-state index contributed by atoms with van der Waals surface area (Å²) in [6.45, 7) is 7.80. The van der Waals surface area contributed by atoms with Crippen LogP contribution in [0.2, 0.25) is 0 Å². The van der Waals surface area contributed by atoms with Gasteiger partial charge in [-0.25, -0.2) is 0 Å². The molecule has 2 heterocycles. The molecule has 0 spiro atoms. The van der Waals surface area contributed by atoms with Gasteiger partial charge in [0.1, 0.15) is 0 Å². The maximum absolute atomic E-state index is 10.4. The summed E-state index contributed by atoms with van der Waals surface area (Å²) in [6, 6.07) is 2.10. The van der Waals surface area contributed by atoms with Crippen LogP contribution in [0.3, 0.4) is 0 Å². The summed E-state index contributed by atoms with van der Waals surface area (Å²) in [5, 5.41) is 14.9. The zero-order chi connectivity index (χ0) is 13.2. The number of hydrogen-bond donors (Lipinski definition) is 1. The Morgan fingerprint density at radius 3 is 2.89 bits per heavy atom. The van der Waals surface area contributed by atoms with Crippen LogP contribution >= 0.6 is 0 Å². The highest BCUT2D eigenvalue weighted by Gasteiger charge is 2.37. The van der Waals surface area contributed by atoms with Gasteiger partial charge in [-0.2, -0.15) is 5.10 Å². The number of nitrogens with zero attached hydrogens (tertiary/aromatic N) is 2. The third-order valence-corrected chi connectivity index (χ3v) is 3.93. The standard InChI is InChI=1S/C14H24N2O2/c1-4-11-9-12(16(5-2)15-11)10-13(17)14(3)7-6-8-18-14/h9,13,17H,4-8,10H2,1-3H3. The SMILES string of the molecule is CCc1cc(CC(O)C2(C)CCCO2)n(CC)n1. The summed E-state index contributed by atoms with van der Waals surface area (Å²) in [5.74, 6) is 0. The Morgan fingerprint density at radius 1 is 1.56 bits per heavy atom. The lowest BCUT2D eigenvalue weighted by Gasteiger charge is -2.29. The van der Waals surface area contributed by atoms with Gasteiger partial charge in [-0.1, -0.05) is 6.92 Å². The van der Waals surface area contributed by atoms with Crippen molar-refractivity contribution in [2.24, 2.45) is 0 Å². The maximum Gasteiger partial charge on any atom is 0.0916 e. The quantitative estimate of drug-likeness (QED) is 0.871. The van der Waals surface area contributed by atoms with Crippen LogP contribution in [0.1, 0.15) is 45.0 Å². The second-order valence-electron chi connectivity index (χ2n) is 5.28. The fourth-order valence-electron chi connectivity index (χ4n) is 2.60. The van der Waals surface area contributed by atoms with Crippen LogP contribution in [0, 0.1) is 0 Å². The molecule has 2 atom stereocenters. The average Bonchev–Trinajstić information content (AvgIpc) is 2.96. The molecular weight excluding hydrogens is 228 g/mol. The van der Waals surface area contributed by atoms with Crippen LogP contribution in [0.25, 0.3) is 0 Å². The Bertz CT molecular complexity index is 394. The number of rotatable bonds is 5. The molecule has 18 heavy (non-hydrogen) atoms. The first-order valence-electron chi connectivity index (χ1n) is 6.96. The third-order valence-electron chi connectivity index (χ3n) is 3.93. The van der Waals surface area contributed by atoms with E-state index >= 15 is 0 Å². The zero-order valence-corrected chi connectivity index (χ0v) is 11.6. The largest absolute Gasteiger partial charge is 0.390 e. The molecule has 2 rings (SSSR count). The van der Waals surface area contributed by atoms with Crippen molar-refractivity contribution in [3.63, 3.8) is 0 Å². The summed E-state index contributed by atoms with van der Waals surface area (Å²) >= 11 is 0. The van der Waals surface area contributed by atoms with E-state index in [0.717, 1.165) is 43.8 Å². The van der Waals surface area contributed by atoms with E-state index in [4.69, 9.17) is 4.74 Å². The first-order valence-corrected chi connectivity index (χ1v) is 6.96. The Hall–Kier alpha value is -0.870.